The number of amides is 1. The predicted molar refractivity (Wildman–Crippen MR) is 115 cm³/mol. The standard InChI is InChI=1S/C21H28N6O2S/c1-16-15-17(2)27(23-16)9-7-20(28)26-12-10-25(11-13-26)8-3-6-19-22-21(24-29-19)18-5-4-14-30-18/h4-5,14-15H,3,6-13H2,1-2H3. The Morgan fingerprint density at radius 2 is 2.03 bits per heavy atom. The smallest absolute Gasteiger partial charge is 0.227 e. The Morgan fingerprint density at radius 3 is 2.73 bits per heavy atom. The number of thiophene rings is 1. The molecule has 30 heavy (non-hydrogen) atoms. The van der Waals surface area contributed by atoms with Gasteiger partial charge in [0.05, 0.1) is 10.6 Å². The summed E-state index contributed by atoms with van der Waals surface area (Å²) >= 11 is 1.61. The number of rotatable bonds is 8. The summed E-state index contributed by atoms with van der Waals surface area (Å²) in [7, 11) is 0. The molecule has 1 amide bonds. The van der Waals surface area contributed by atoms with Crippen LogP contribution >= 0.6 is 11.3 Å². The fourth-order valence-electron chi connectivity index (χ4n) is 3.80. The van der Waals surface area contributed by atoms with Crippen LogP contribution in [0.4, 0.5) is 0 Å². The van der Waals surface area contributed by atoms with Crippen LogP contribution in [0.2, 0.25) is 0 Å². The van der Waals surface area contributed by atoms with E-state index < -0.39 is 0 Å². The molecule has 4 rings (SSSR count). The number of aromatic nitrogens is 4. The molecule has 4 heterocycles. The average molecular weight is 429 g/mol. The van der Waals surface area contributed by atoms with Crippen molar-refractivity contribution < 1.29 is 9.32 Å². The molecule has 0 aliphatic carbocycles. The first-order chi connectivity index (χ1) is 14.6. The molecule has 3 aromatic rings. The first kappa shape index (κ1) is 20.7. The third-order valence-electron chi connectivity index (χ3n) is 5.44. The Bertz CT molecular complexity index is 956. The highest BCUT2D eigenvalue weighted by Gasteiger charge is 2.21. The van der Waals surface area contributed by atoms with Crippen molar-refractivity contribution in [1.82, 2.24) is 29.7 Å². The van der Waals surface area contributed by atoms with E-state index in [0.29, 0.717) is 24.7 Å². The molecule has 160 valence electrons. The molecule has 0 aromatic carbocycles. The Labute approximate surface area is 180 Å². The number of hydrogen-bond donors (Lipinski definition) is 0. The highest BCUT2D eigenvalue weighted by molar-refractivity contribution is 7.13. The molecule has 1 fully saturated rings. The number of carbonyl (C=O) groups is 1. The zero-order chi connectivity index (χ0) is 20.9. The first-order valence-electron chi connectivity index (χ1n) is 10.5. The monoisotopic (exact) mass is 428 g/mol. The van der Waals surface area contributed by atoms with Gasteiger partial charge in [0.25, 0.3) is 0 Å². The first-order valence-corrected chi connectivity index (χ1v) is 11.3. The minimum Gasteiger partial charge on any atom is -0.340 e. The lowest BCUT2D eigenvalue weighted by Gasteiger charge is -2.34. The van der Waals surface area contributed by atoms with Crippen molar-refractivity contribution in [3.05, 3.63) is 40.9 Å². The van der Waals surface area contributed by atoms with E-state index in [1.807, 2.05) is 47.0 Å². The van der Waals surface area contributed by atoms with Crippen LogP contribution in [0.3, 0.4) is 0 Å². The highest BCUT2D eigenvalue weighted by atomic mass is 32.1. The van der Waals surface area contributed by atoms with E-state index in [2.05, 4.69) is 20.1 Å². The van der Waals surface area contributed by atoms with Crippen molar-refractivity contribution in [1.29, 1.82) is 0 Å². The minimum absolute atomic E-state index is 0.217. The Kier molecular flexibility index (Phi) is 6.59. The number of nitrogens with zero attached hydrogens (tertiary/aromatic N) is 6. The quantitative estimate of drug-likeness (QED) is 0.549. The molecule has 9 heteroatoms. The van der Waals surface area contributed by atoms with Crippen LogP contribution in [0.15, 0.2) is 28.1 Å². The topological polar surface area (TPSA) is 80.3 Å². The van der Waals surface area contributed by atoms with Crippen LogP contribution in [0.1, 0.15) is 30.1 Å². The highest BCUT2D eigenvalue weighted by Crippen LogP contribution is 2.21. The largest absolute Gasteiger partial charge is 0.340 e. The van der Waals surface area contributed by atoms with Gasteiger partial charge in [-0.05, 0) is 44.3 Å². The summed E-state index contributed by atoms with van der Waals surface area (Å²) in [5.41, 5.74) is 2.10. The molecule has 0 atom stereocenters. The zero-order valence-electron chi connectivity index (χ0n) is 17.6. The Balaban J connectivity index is 1.15. The SMILES string of the molecule is Cc1cc(C)n(CCC(=O)N2CCN(CCCc3nc(-c4cccs4)no3)CC2)n1. The van der Waals surface area contributed by atoms with Crippen LogP contribution in [-0.4, -0.2) is 68.4 Å². The van der Waals surface area contributed by atoms with Crippen molar-refractivity contribution in [3.8, 4) is 10.7 Å². The van der Waals surface area contributed by atoms with Crippen LogP contribution in [0.25, 0.3) is 10.7 Å². The fraction of sp³-hybridized carbons (Fsp3) is 0.524. The van der Waals surface area contributed by atoms with E-state index in [1.165, 1.54) is 0 Å². The van der Waals surface area contributed by atoms with Crippen molar-refractivity contribution in [2.45, 2.75) is 39.7 Å². The van der Waals surface area contributed by atoms with E-state index >= 15 is 0 Å². The number of aryl methyl sites for hydroxylation is 4. The molecule has 0 radical (unpaired) electrons. The fourth-order valence-corrected chi connectivity index (χ4v) is 4.45. The van der Waals surface area contributed by atoms with Gasteiger partial charge < -0.3 is 9.42 Å². The van der Waals surface area contributed by atoms with Crippen LogP contribution in [0.5, 0.6) is 0 Å². The van der Waals surface area contributed by atoms with Crippen LogP contribution in [-0.2, 0) is 17.8 Å². The summed E-state index contributed by atoms with van der Waals surface area (Å²) < 4.78 is 7.29. The third kappa shape index (κ3) is 5.14. The zero-order valence-corrected chi connectivity index (χ0v) is 18.4. The van der Waals surface area contributed by atoms with E-state index in [9.17, 15) is 4.79 Å². The molecule has 1 aliphatic rings. The molecule has 0 unspecified atom stereocenters. The van der Waals surface area contributed by atoms with Crippen molar-refractivity contribution in [2.24, 2.45) is 0 Å². The second-order valence-electron chi connectivity index (χ2n) is 7.72. The summed E-state index contributed by atoms with van der Waals surface area (Å²) in [6, 6.07) is 6.03. The maximum atomic E-state index is 12.5. The second-order valence-corrected chi connectivity index (χ2v) is 8.66. The number of piperazine rings is 1. The third-order valence-corrected chi connectivity index (χ3v) is 6.31. The van der Waals surface area contributed by atoms with Gasteiger partial charge in [-0.25, -0.2) is 0 Å². The van der Waals surface area contributed by atoms with E-state index in [1.54, 1.807) is 11.3 Å². The summed E-state index contributed by atoms with van der Waals surface area (Å²) in [6.07, 6.45) is 2.25. The Hall–Kier alpha value is -2.52. The molecular formula is C21H28N6O2S. The van der Waals surface area contributed by atoms with Crippen molar-refractivity contribution in [3.63, 3.8) is 0 Å². The summed E-state index contributed by atoms with van der Waals surface area (Å²) in [5, 5.41) is 10.5. The van der Waals surface area contributed by atoms with Crippen LogP contribution in [0, 0.1) is 13.8 Å². The van der Waals surface area contributed by atoms with Gasteiger partial charge in [-0.1, -0.05) is 11.2 Å². The lowest BCUT2D eigenvalue weighted by molar-refractivity contribution is -0.133. The number of hydrogen-bond acceptors (Lipinski definition) is 7. The minimum atomic E-state index is 0.217. The van der Waals surface area contributed by atoms with Gasteiger partial charge in [0, 0.05) is 51.3 Å². The van der Waals surface area contributed by atoms with E-state index in [-0.39, 0.29) is 5.91 Å². The summed E-state index contributed by atoms with van der Waals surface area (Å²) in [6.45, 7) is 9.04. The van der Waals surface area contributed by atoms with Gasteiger partial charge >= 0.3 is 0 Å². The average Bonchev–Trinajstić information content (AvgIpc) is 3.48. The van der Waals surface area contributed by atoms with Crippen LogP contribution < -0.4 is 0 Å². The molecule has 0 saturated carbocycles. The predicted octanol–water partition coefficient (Wildman–Crippen LogP) is 2.78. The van der Waals surface area contributed by atoms with E-state index in [0.717, 1.165) is 61.8 Å². The molecule has 1 aliphatic heterocycles. The summed E-state index contributed by atoms with van der Waals surface area (Å²) in [5.74, 6) is 1.58. The van der Waals surface area contributed by atoms with E-state index in [4.69, 9.17) is 4.52 Å². The van der Waals surface area contributed by atoms with Gasteiger partial charge in [0.15, 0.2) is 0 Å². The molecule has 8 nitrogen and oxygen atoms in total. The van der Waals surface area contributed by atoms with Crippen molar-refractivity contribution in [2.75, 3.05) is 32.7 Å². The lowest BCUT2D eigenvalue weighted by Crippen LogP contribution is -2.49. The van der Waals surface area contributed by atoms with Gasteiger partial charge in [-0.2, -0.15) is 10.1 Å². The second kappa shape index (κ2) is 9.53. The lowest BCUT2D eigenvalue weighted by atomic mass is 10.2. The molecule has 1 saturated heterocycles. The number of carbonyl (C=O) groups excluding carboxylic acids is 1. The maximum absolute atomic E-state index is 12.5. The molecule has 0 spiro atoms. The Morgan fingerprint density at radius 1 is 1.20 bits per heavy atom. The maximum Gasteiger partial charge on any atom is 0.227 e. The summed E-state index contributed by atoms with van der Waals surface area (Å²) in [4.78, 5) is 22.4. The van der Waals surface area contributed by atoms with Gasteiger partial charge in [0.2, 0.25) is 17.6 Å². The van der Waals surface area contributed by atoms with Gasteiger partial charge in [-0.15, -0.1) is 11.3 Å². The normalized spacial score (nSPS) is 15.1. The van der Waals surface area contributed by atoms with Gasteiger partial charge in [-0.3, -0.25) is 14.4 Å². The van der Waals surface area contributed by atoms with Crippen molar-refractivity contribution >= 4 is 17.2 Å². The molecular weight excluding hydrogens is 400 g/mol. The molecule has 3 aromatic heterocycles. The molecule has 0 N–H and O–H groups in total. The van der Waals surface area contributed by atoms with Gasteiger partial charge in [0.1, 0.15) is 0 Å². The molecule has 0 bridgehead atoms.